The molecule has 0 fully saturated rings. The van der Waals surface area contributed by atoms with Crippen LogP contribution in [0, 0.1) is 0 Å². The first-order valence-electron chi connectivity index (χ1n) is 7.15. The lowest BCUT2D eigenvalue weighted by molar-refractivity contribution is 0.187. The van der Waals surface area contributed by atoms with Crippen LogP contribution in [0.15, 0.2) is 29.3 Å². The molecule has 0 atom stereocenters. The van der Waals surface area contributed by atoms with Crippen molar-refractivity contribution in [1.82, 2.24) is 10.6 Å². The molecule has 0 unspecified atom stereocenters. The van der Waals surface area contributed by atoms with Crippen molar-refractivity contribution in [3.8, 4) is 0 Å². The molecule has 1 aromatic rings. The van der Waals surface area contributed by atoms with Crippen LogP contribution in [0.1, 0.15) is 25.8 Å². The fraction of sp³-hybridized carbons (Fsp3) is 0.467. The van der Waals surface area contributed by atoms with Gasteiger partial charge in [-0.2, -0.15) is 0 Å². The van der Waals surface area contributed by atoms with Gasteiger partial charge >= 0.3 is 6.09 Å². The Labute approximate surface area is 126 Å². The number of aliphatic imine (C=N–C) groups is 1. The van der Waals surface area contributed by atoms with Gasteiger partial charge in [0.25, 0.3) is 0 Å². The van der Waals surface area contributed by atoms with Gasteiger partial charge in [-0.05, 0) is 31.0 Å². The number of hydrogen-bond donors (Lipinski definition) is 3. The summed E-state index contributed by atoms with van der Waals surface area (Å²) in [6.45, 7) is 6.46. The second-order valence-corrected chi connectivity index (χ2v) is 4.44. The normalized spacial score (nSPS) is 10.9. The summed E-state index contributed by atoms with van der Waals surface area (Å²) in [5, 5.41) is 9.06. The van der Waals surface area contributed by atoms with Gasteiger partial charge in [0.2, 0.25) is 0 Å². The summed E-state index contributed by atoms with van der Waals surface area (Å²) in [6.07, 6.45) is 0.581. The van der Waals surface area contributed by atoms with Gasteiger partial charge in [0.05, 0.1) is 13.7 Å². The molecule has 116 valence electrons. The molecule has 0 saturated heterocycles. The zero-order valence-electron chi connectivity index (χ0n) is 12.9. The molecule has 1 rings (SSSR count). The smallest absolute Gasteiger partial charge is 0.411 e. The highest BCUT2D eigenvalue weighted by Crippen LogP contribution is 2.10. The number of guanidine groups is 1. The molecule has 0 aromatic heterocycles. The molecular weight excluding hydrogens is 268 g/mol. The Hall–Kier alpha value is -2.24. The van der Waals surface area contributed by atoms with Crippen LogP contribution >= 0.6 is 0 Å². The maximum atomic E-state index is 11.1. The van der Waals surface area contributed by atoms with Crippen molar-refractivity contribution in [2.45, 2.75) is 26.8 Å². The Morgan fingerprint density at radius 1 is 1.19 bits per heavy atom. The summed E-state index contributed by atoms with van der Waals surface area (Å²) in [6, 6.07) is 7.51. The molecule has 0 aliphatic rings. The number of nitrogens with zero attached hydrogens (tertiary/aromatic N) is 1. The molecule has 21 heavy (non-hydrogen) atoms. The summed E-state index contributed by atoms with van der Waals surface area (Å²) in [5.41, 5.74) is 1.77. The van der Waals surface area contributed by atoms with Crippen molar-refractivity contribution < 1.29 is 9.53 Å². The van der Waals surface area contributed by atoms with Crippen LogP contribution in [0.3, 0.4) is 0 Å². The SMILES string of the molecule is CCCNC(=NCc1ccc(NC(=O)OC)cc1)NCC. The predicted octanol–water partition coefficient (Wildman–Crippen LogP) is 2.33. The van der Waals surface area contributed by atoms with Gasteiger partial charge in [-0.15, -0.1) is 0 Å². The molecule has 3 N–H and O–H groups in total. The number of ether oxygens (including phenoxy) is 1. The first kappa shape index (κ1) is 16.8. The molecule has 6 nitrogen and oxygen atoms in total. The lowest BCUT2D eigenvalue weighted by atomic mass is 10.2. The van der Waals surface area contributed by atoms with E-state index in [4.69, 9.17) is 0 Å². The number of benzene rings is 1. The molecule has 0 saturated carbocycles. The summed E-state index contributed by atoms with van der Waals surface area (Å²) in [4.78, 5) is 15.6. The van der Waals surface area contributed by atoms with E-state index in [-0.39, 0.29) is 0 Å². The van der Waals surface area contributed by atoms with E-state index in [0.717, 1.165) is 31.0 Å². The highest BCUT2D eigenvalue weighted by Gasteiger charge is 2.00. The minimum Gasteiger partial charge on any atom is -0.453 e. The third kappa shape index (κ3) is 6.65. The number of carbonyl (C=O) groups excluding carboxylic acids is 1. The van der Waals surface area contributed by atoms with Gasteiger partial charge < -0.3 is 15.4 Å². The highest BCUT2D eigenvalue weighted by atomic mass is 16.5. The zero-order chi connectivity index (χ0) is 15.5. The standard InChI is InChI=1S/C15H24N4O2/c1-4-10-17-14(16-5-2)18-11-12-6-8-13(9-7-12)19-15(20)21-3/h6-9H,4-5,10-11H2,1-3H3,(H,19,20)(H2,16,17,18). The second-order valence-electron chi connectivity index (χ2n) is 4.44. The summed E-state index contributed by atoms with van der Waals surface area (Å²) < 4.78 is 4.54. The van der Waals surface area contributed by atoms with Crippen LogP contribution in [0.2, 0.25) is 0 Å². The van der Waals surface area contributed by atoms with Crippen LogP contribution in [0.4, 0.5) is 10.5 Å². The van der Waals surface area contributed by atoms with Crippen LogP contribution in [0.25, 0.3) is 0 Å². The van der Waals surface area contributed by atoms with E-state index >= 15 is 0 Å². The Balaban J connectivity index is 2.58. The number of rotatable bonds is 6. The van der Waals surface area contributed by atoms with Gasteiger partial charge in [-0.25, -0.2) is 9.79 Å². The van der Waals surface area contributed by atoms with E-state index in [1.165, 1.54) is 7.11 Å². The third-order valence-corrected chi connectivity index (χ3v) is 2.69. The van der Waals surface area contributed by atoms with E-state index in [1.807, 2.05) is 31.2 Å². The van der Waals surface area contributed by atoms with E-state index in [9.17, 15) is 4.79 Å². The van der Waals surface area contributed by atoms with Gasteiger partial charge in [0.15, 0.2) is 5.96 Å². The topological polar surface area (TPSA) is 74.8 Å². The first-order valence-corrected chi connectivity index (χ1v) is 7.15. The fourth-order valence-electron chi connectivity index (χ4n) is 1.62. The molecule has 0 bridgehead atoms. The van der Waals surface area contributed by atoms with Crippen LogP contribution in [-0.2, 0) is 11.3 Å². The maximum absolute atomic E-state index is 11.1. The largest absolute Gasteiger partial charge is 0.453 e. The van der Waals surface area contributed by atoms with E-state index in [2.05, 4.69) is 32.6 Å². The molecule has 1 aromatic carbocycles. The third-order valence-electron chi connectivity index (χ3n) is 2.69. The number of nitrogens with one attached hydrogen (secondary N) is 3. The Bertz CT molecular complexity index is 457. The molecule has 1 amide bonds. The predicted molar refractivity (Wildman–Crippen MR) is 85.6 cm³/mol. The molecule has 0 heterocycles. The molecule has 0 aliphatic heterocycles. The first-order chi connectivity index (χ1) is 10.2. The van der Waals surface area contributed by atoms with Crippen molar-refractivity contribution in [3.63, 3.8) is 0 Å². The number of amides is 1. The van der Waals surface area contributed by atoms with Crippen LogP contribution < -0.4 is 16.0 Å². The van der Waals surface area contributed by atoms with Crippen molar-refractivity contribution in [2.75, 3.05) is 25.5 Å². The van der Waals surface area contributed by atoms with Gasteiger partial charge in [-0.3, -0.25) is 5.32 Å². The molecule has 0 spiro atoms. The Morgan fingerprint density at radius 3 is 2.48 bits per heavy atom. The van der Waals surface area contributed by atoms with Crippen LogP contribution in [0.5, 0.6) is 0 Å². The Kier molecular flexibility index (Phi) is 7.71. The van der Waals surface area contributed by atoms with E-state index in [0.29, 0.717) is 12.2 Å². The van der Waals surface area contributed by atoms with E-state index < -0.39 is 6.09 Å². The van der Waals surface area contributed by atoms with Crippen molar-refractivity contribution in [2.24, 2.45) is 4.99 Å². The molecule has 0 aliphatic carbocycles. The maximum Gasteiger partial charge on any atom is 0.411 e. The quantitative estimate of drug-likeness (QED) is 0.555. The van der Waals surface area contributed by atoms with Crippen molar-refractivity contribution in [1.29, 1.82) is 0 Å². The van der Waals surface area contributed by atoms with Gasteiger partial charge in [0.1, 0.15) is 0 Å². The number of carbonyl (C=O) groups is 1. The molecule has 0 radical (unpaired) electrons. The van der Waals surface area contributed by atoms with Gasteiger partial charge in [0, 0.05) is 18.8 Å². The van der Waals surface area contributed by atoms with Crippen LogP contribution in [-0.4, -0.2) is 32.3 Å². The average Bonchev–Trinajstić information content (AvgIpc) is 2.51. The lowest BCUT2D eigenvalue weighted by Crippen LogP contribution is -2.37. The molecular formula is C15H24N4O2. The minimum atomic E-state index is -0.473. The highest BCUT2D eigenvalue weighted by molar-refractivity contribution is 5.84. The molecule has 6 heteroatoms. The number of hydrogen-bond acceptors (Lipinski definition) is 3. The number of methoxy groups -OCH3 is 1. The average molecular weight is 292 g/mol. The monoisotopic (exact) mass is 292 g/mol. The number of anilines is 1. The summed E-state index contributed by atoms with van der Waals surface area (Å²) >= 11 is 0. The zero-order valence-corrected chi connectivity index (χ0v) is 12.9. The summed E-state index contributed by atoms with van der Waals surface area (Å²) in [5.74, 6) is 0.816. The minimum absolute atomic E-state index is 0.473. The lowest BCUT2D eigenvalue weighted by Gasteiger charge is -2.10. The van der Waals surface area contributed by atoms with Crippen molar-refractivity contribution in [3.05, 3.63) is 29.8 Å². The van der Waals surface area contributed by atoms with Crippen molar-refractivity contribution >= 4 is 17.7 Å². The second kappa shape index (κ2) is 9.63. The summed E-state index contributed by atoms with van der Waals surface area (Å²) in [7, 11) is 1.34. The fourth-order valence-corrected chi connectivity index (χ4v) is 1.62. The van der Waals surface area contributed by atoms with Gasteiger partial charge in [-0.1, -0.05) is 19.1 Å². The Morgan fingerprint density at radius 2 is 1.90 bits per heavy atom. The van der Waals surface area contributed by atoms with E-state index in [1.54, 1.807) is 0 Å².